The van der Waals surface area contributed by atoms with Crippen LogP contribution < -0.4 is 10.9 Å². The molecule has 32 heavy (non-hydrogen) atoms. The maximum absolute atomic E-state index is 12.6. The Balaban J connectivity index is 1.33. The fraction of sp³-hybridized carbons (Fsp3) is 0.250. The van der Waals surface area contributed by atoms with Crippen LogP contribution in [0, 0.1) is 19.8 Å². The summed E-state index contributed by atoms with van der Waals surface area (Å²) >= 11 is 1.27. The number of hydrogen-bond acceptors (Lipinski definition) is 5. The third-order valence-electron chi connectivity index (χ3n) is 5.40. The smallest absolute Gasteiger partial charge is 0.281 e. The summed E-state index contributed by atoms with van der Waals surface area (Å²) in [7, 11) is 0. The molecule has 8 heteroatoms. The number of hydrazine groups is 1. The van der Waals surface area contributed by atoms with Crippen LogP contribution in [0.25, 0.3) is 10.6 Å². The third kappa shape index (κ3) is 4.86. The number of aryl methyl sites for hydroxylation is 2. The first-order chi connectivity index (χ1) is 15.4. The van der Waals surface area contributed by atoms with E-state index in [-0.39, 0.29) is 18.2 Å². The largest absolute Gasteiger partial charge is 0.338 e. The van der Waals surface area contributed by atoms with Crippen LogP contribution in [-0.4, -0.2) is 34.2 Å². The Morgan fingerprint density at radius 1 is 1.06 bits per heavy atom. The first-order valence-electron chi connectivity index (χ1n) is 10.4. The Kier molecular flexibility index (Phi) is 6.32. The minimum absolute atomic E-state index is 0.0668. The Hall–Kier alpha value is -3.52. The highest BCUT2D eigenvalue weighted by Gasteiger charge is 2.34. The van der Waals surface area contributed by atoms with Crippen molar-refractivity contribution in [3.63, 3.8) is 0 Å². The second kappa shape index (κ2) is 9.32. The number of rotatable bonds is 5. The fourth-order valence-corrected chi connectivity index (χ4v) is 4.57. The lowest BCUT2D eigenvalue weighted by Gasteiger charge is -2.17. The molecule has 7 nitrogen and oxygen atoms in total. The van der Waals surface area contributed by atoms with Gasteiger partial charge in [0.05, 0.1) is 11.6 Å². The van der Waals surface area contributed by atoms with Crippen LogP contribution >= 0.6 is 11.3 Å². The van der Waals surface area contributed by atoms with Gasteiger partial charge in [0.25, 0.3) is 5.91 Å². The number of carbonyl (C=O) groups is 3. The molecule has 3 amide bonds. The number of benzene rings is 2. The quantitative estimate of drug-likeness (QED) is 0.586. The van der Waals surface area contributed by atoms with Gasteiger partial charge in [-0.3, -0.25) is 25.2 Å². The molecule has 1 aromatic heterocycles. The van der Waals surface area contributed by atoms with Crippen molar-refractivity contribution < 1.29 is 14.4 Å². The van der Waals surface area contributed by atoms with Crippen LogP contribution in [0.4, 0.5) is 0 Å². The summed E-state index contributed by atoms with van der Waals surface area (Å²) in [6.07, 6.45) is 0.130. The number of nitrogens with zero attached hydrogens (tertiary/aromatic N) is 2. The molecule has 4 rings (SSSR count). The third-order valence-corrected chi connectivity index (χ3v) is 6.61. The molecule has 0 unspecified atom stereocenters. The lowest BCUT2D eigenvalue weighted by Crippen LogP contribution is -2.45. The SMILES string of the molecule is Cc1ccc(CN2C[C@H](C(=O)NNC(=O)c3sc(-c4ccccc4)nc3C)CC2=O)cc1. The molecule has 1 fully saturated rings. The molecule has 1 atom stereocenters. The van der Waals surface area contributed by atoms with Crippen LogP contribution in [0.15, 0.2) is 54.6 Å². The summed E-state index contributed by atoms with van der Waals surface area (Å²) in [5, 5.41) is 0.743. The van der Waals surface area contributed by atoms with Crippen molar-refractivity contribution in [2.24, 2.45) is 5.92 Å². The van der Waals surface area contributed by atoms with Gasteiger partial charge in [0.2, 0.25) is 11.8 Å². The van der Waals surface area contributed by atoms with E-state index in [4.69, 9.17) is 0 Å². The average molecular weight is 449 g/mol. The summed E-state index contributed by atoms with van der Waals surface area (Å²) < 4.78 is 0. The van der Waals surface area contributed by atoms with Crippen molar-refractivity contribution in [1.29, 1.82) is 0 Å². The first-order valence-corrected chi connectivity index (χ1v) is 11.2. The molecule has 1 aliphatic rings. The Morgan fingerprint density at radius 2 is 1.78 bits per heavy atom. The average Bonchev–Trinajstić information content (AvgIpc) is 3.37. The summed E-state index contributed by atoms with van der Waals surface area (Å²) in [5.74, 6) is -1.36. The van der Waals surface area contributed by atoms with E-state index in [0.717, 1.165) is 21.7 Å². The molecule has 1 saturated heterocycles. The van der Waals surface area contributed by atoms with E-state index in [0.29, 0.717) is 23.7 Å². The summed E-state index contributed by atoms with van der Waals surface area (Å²) in [4.78, 5) is 44.1. The topological polar surface area (TPSA) is 91.4 Å². The van der Waals surface area contributed by atoms with Crippen molar-refractivity contribution in [1.82, 2.24) is 20.7 Å². The second-order valence-electron chi connectivity index (χ2n) is 7.90. The molecular formula is C24H24N4O3S. The van der Waals surface area contributed by atoms with E-state index in [1.54, 1.807) is 11.8 Å². The lowest BCUT2D eigenvalue weighted by molar-refractivity contribution is -0.129. The number of aromatic nitrogens is 1. The fourth-order valence-electron chi connectivity index (χ4n) is 3.60. The van der Waals surface area contributed by atoms with Gasteiger partial charge in [-0.2, -0.15) is 0 Å². The van der Waals surface area contributed by atoms with Gasteiger partial charge in [0.1, 0.15) is 9.88 Å². The number of amides is 3. The highest BCUT2D eigenvalue weighted by molar-refractivity contribution is 7.17. The maximum Gasteiger partial charge on any atom is 0.281 e. The molecule has 164 valence electrons. The van der Waals surface area contributed by atoms with Gasteiger partial charge in [-0.15, -0.1) is 11.3 Å². The van der Waals surface area contributed by atoms with Crippen molar-refractivity contribution in [2.45, 2.75) is 26.8 Å². The standard InChI is InChI=1S/C24H24N4O3S/c1-15-8-10-17(11-9-15)13-28-14-19(12-20(28)29)22(30)26-27-23(31)21-16(2)25-24(32-21)18-6-4-3-5-7-18/h3-11,19H,12-14H2,1-2H3,(H,26,30)(H,27,31)/t19-/m1/s1. The monoisotopic (exact) mass is 448 g/mol. The lowest BCUT2D eigenvalue weighted by atomic mass is 10.1. The Labute approximate surface area is 190 Å². The van der Waals surface area contributed by atoms with Gasteiger partial charge in [-0.25, -0.2) is 4.98 Å². The molecular weight excluding hydrogens is 424 g/mol. The van der Waals surface area contributed by atoms with E-state index in [1.807, 2.05) is 61.5 Å². The zero-order valence-corrected chi connectivity index (χ0v) is 18.7. The van der Waals surface area contributed by atoms with Crippen LogP contribution in [-0.2, 0) is 16.1 Å². The van der Waals surface area contributed by atoms with Crippen LogP contribution in [0.1, 0.15) is 32.9 Å². The zero-order valence-electron chi connectivity index (χ0n) is 17.9. The number of thiazole rings is 1. The van der Waals surface area contributed by atoms with Crippen molar-refractivity contribution in [3.8, 4) is 10.6 Å². The summed E-state index contributed by atoms with van der Waals surface area (Å²) in [5.41, 5.74) is 8.65. The van der Waals surface area contributed by atoms with Crippen molar-refractivity contribution in [2.75, 3.05) is 6.54 Å². The maximum atomic E-state index is 12.6. The van der Waals surface area contributed by atoms with Crippen LogP contribution in [0.3, 0.4) is 0 Å². The molecule has 0 bridgehead atoms. The van der Waals surface area contributed by atoms with Gasteiger partial charge in [0, 0.05) is 25.1 Å². The summed E-state index contributed by atoms with van der Waals surface area (Å²) in [6.45, 7) is 4.57. The molecule has 0 spiro atoms. The van der Waals surface area contributed by atoms with Gasteiger partial charge < -0.3 is 4.90 Å². The molecule has 0 saturated carbocycles. The van der Waals surface area contributed by atoms with E-state index in [2.05, 4.69) is 15.8 Å². The number of likely N-dealkylation sites (tertiary alicyclic amines) is 1. The predicted molar refractivity (Wildman–Crippen MR) is 123 cm³/mol. The minimum Gasteiger partial charge on any atom is -0.338 e. The highest BCUT2D eigenvalue weighted by atomic mass is 32.1. The van der Waals surface area contributed by atoms with Crippen LogP contribution in [0.2, 0.25) is 0 Å². The highest BCUT2D eigenvalue weighted by Crippen LogP contribution is 2.27. The second-order valence-corrected chi connectivity index (χ2v) is 8.90. The van der Waals surface area contributed by atoms with Gasteiger partial charge in [0.15, 0.2) is 0 Å². The number of carbonyl (C=O) groups excluding carboxylic acids is 3. The minimum atomic E-state index is -0.504. The molecule has 2 heterocycles. The van der Waals surface area contributed by atoms with Gasteiger partial charge in [-0.1, -0.05) is 60.2 Å². The molecule has 2 N–H and O–H groups in total. The first kappa shape index (κ1) is 21.7. The predicted octanol–water partition coefficient (Wildman–Crippen LogP) is 3.24. The van der Waals surface area contributed by atoms with E-state index >= 15 is 0 Å². The molecule has 0 radical (unpaired) electrons. The normalized spacial score (nSPS) is 15.6. The molecule has 3 aromatic rings. The Bertz CT molecular complexity index is 1140. The van der Waals surface area contributed by atoms with Gasteiger partial charge in [-0.05, 0) is 19.4 Å². The number of nitrogens with one attached hydrogen (secondary N) is 2. The molecule has 0 aliphatic carbocycles. The zero-order chi connectivity index (χ0) is 22.7. The van der Waals surface area contributed by atoms with Crippen molar-refractivity contribution >= 4 is 29.1 Å². The van der Waals surface area contributed by atoms with Crippen molar-refractivity contribution in [3.05, 3.63) is 76.3 Å². The summed E-state index contributed by atoms with van der Waals surface area (Å²) in [6, 6.07) is 17.6. The Morgan fingerprint density at radius 3 is 2.50 bits per heavy atom. The van der Waals surface area contributed by atoms with E-state index in [1.165, 1.54) is 11.3 Å². The van der Waals surface area contributed by atoms with E-state index < -0.39 is 11.8 Å². The van der Waals surface area contributed by atoms with E-state index in [9.17, 15) is 14.4 Å². The van der Waals surface area contributed by atoms with Gasteiger partial charge >= 0.3 is 0 Å². The van der Waals surface area contributed by atoms with Crippen LogP contribution in [0.5, 0.6) is 0 Å². The molecule has 2 aromatic carbocycles. The number of hydrogen-bond donors (Lipinski definition) is 2. The molecule has 1 aliphatic heterocycles.